The fourth-order valence-corrected chi connectivity index (χ4v) is 2.73. The van der Waals surface area contributed by atoms with Gasteiger partial charge < -0.3 is 5.11 Å². The van der Waals surface area contributed by atoms with Crippen LogP contribution in [0.4, 0.5) is 5.95 Å². The maximum atomic E-state index is 8.77. The lowest BCUT2D eigenvalue weighted by atomic mass is 10.4. The molecule has 0 atom stereocenters. The van der Waals surface area contributed by atoms with E-state index in [1.165, 1.54) is 11.8 Å². The number of aliphatic hydroxyl groups excluding tert-OH is 1. The van der Waals surface area contributed by atoms with E-state index < -0.39 is 0 Å². The summed E-state index contributed by atoms with van der Waals surface area (Å²) >= 11 is 3.04. The normalized spacial score (nSPS) is 10.8. The highest BCUT2D eigenvalue weighted by Gasteiger charge is 2.08. The van der Waals surface area contributed by atoms with Crippen LogP contribution in [-0.4, -0.2) is 27.4 Å². The first-order chi connectivity index (χ1) is 7.35. The third kappa shape index (κ3) is 2.20. The van der Waals surface area contributed by atoms with E-state index in [9.17, 15) is 0 Å². The highest BCUT2D eigenvalue weighted by atomic mass is 32.2. The van der Waals surface area contributed by atoms with Gasteiger partial charge in [0.15, 0.2) is 0 Å². The number of fused-ring (bicyclic) bond motifs is 1. The molecule has 2 heterocycles. The minimum absolute atomic E-state index is 0.131. The second kappa shape index (κ2) is 4.75. The Bertz CT molecular complexity index is 459. The highest BCUT2D eigenvalue weighted by Crippen LogP contribution is 2.29. The van der Waals surface area contributed by atoms with Crippen LogP contribution in [-0.2, 0) is 0 Å². The van der Waals surface area contributed by atoms with Crippen LogP contribution < -0.4 is 11.3 Å². The molecule has 4 N–H and O–H groups in total. The highest BCUT2D eigenvalue weighted by molar-refractivity contribution is 7.99. The van der Waals surface area contributed by atoms with Crippen molar-refractivity contribution >= 4 is 39.3 Å². The molecule has 2 aromatic heterocycles. The van der Waals surface area contributed by atoms with Crippen LogP contribution in [0, 0.1) is 0 Å². The zero-order valence-corrected chi connectivity index (χ0v) is 9.44. The molecule has 5 nitrogen and oxygen atoms in total. The van der Waals surface area contributed by atoms with Crippen molar-refractivity contribution in [1.29, 1.82) is 0 Å². The van der Waals surface area contributed by atoms with E-state index in [1.807, 2.05) is 11.4 Å². The lowest BCUT2D eigenvalue weighted by Gasteiger charge is -2.03. The maximum Gasteiger partial charge on any atom is 0.239 e. The van der Waals surface area contributed by atoms with Gasteiger partial charge in [0.05, 0.1) is 6.61 Å². The number of anilines is 1. The molecule has 0 aliphatic rings. The van der Waals surface area contributed by atoms with Crippen molar-refractivity contribution in [3.8, 4) is 0 Å². The van der Waals surface area contributed by atoms with Gasteiger partial charge in [0, 0.05) is 11.1 Å². The summed E-state index contributed by atoms with van der Waals surface area (Å²) in [6, 6.07) is 1.97. The zero-order valence-electron chi connectivity index (χ0n) is 7.80. The number of nitrogens with one attached hydrogen (secondary N) is 1. The average Bonchev–Trinajstić information content (AvgIpc) is 2.73. The number of aliphatic hydroxyl groups is 1. The number of rotatable bonds is 4. The molecule has 0 radical (unpaired) electrons. The molecular weight excluding hydrogens is 232 g/mol. The number of nitrogens with zero attached hydrogens (tertiary/aromatic N) is 2. The summed E-state index contributed by atoms with van der Waals surface area (Å²) in [6.45, 7) is 0.131. The van der Waals surface area contributed by atoms with E-state index in [0.717, 1.165) is 15.2 Å². The van der Waals surface area contributed by atoms with Crippen molar-refractivity contribution in [2.45, 2.75) is 5.03 Å². The standard InChI is InChI=1S/C8H10N4OS2/c9-12-8-10-6-5(1-3-14-6)7(11-8)15-4-2-13/h1,3,13H,2,4,9H2,(H,10,11,12). The summed E-state index contributed by atoms with van der Waals surface area (Å²) in [6.07, 6.45) is 0. The number of nitrogen functional groups attached to an aromatic ring is 1. The van der Waals surface area contributed by atoms with Gasteiger partial charge in [-0.3, -0.25) is 5.43 Å². The van der Waals surface area contributed by atoms with E-state index in [-0.39, 0.29) is 6.61 Å². The Balaban J connectivity index is 2.43. The van der Waals surface area contributed by atoms with Gasteiger partial charge >= 0.3 is 0 Å². The van der Waals surface area contributed by atoms with Gasteiger partial charge in [-0.2, -0.15) is 0 Å². The average molecular weight is 242 g/mol. The molecule has 2 aromatic rings. The summed E-state index contributed by atoms with van der Waals surface area (Å²) in [7, 11) is 0. The third-order valence-electron chi connectivity index (χ3n) is 1.75. The van der Waals surface area contributed by atoms with Gasteiger partial charge in [-0.1, -0.05) is 0 Å². The van der Waals surface area contributed by atoms with Crippen molar-refractivity contribution in [3.63, 3.8) is 0 Å². The fraction of sp³-hybridized carbons (Fsp3) is 0.250. The van der Waals surface area contributed by atoms with Crippen LogP contribution in [0.3, 0.4) is 0 Å². The van der Waals surface area contributed by atoms with Crippen molar-refractivity contribution in [3.05, 3.63) is 11.4 Å². The van der Waals surface area contributed by atoms with E-state index in [1.54, 1.807) is 11.3 Å². The van der Waals surface area contributed by atoms with Crippen molar-refractivity contribution in [1.82, 2.24) is 9.97 Å². The smallest absolute Gasteiger partial charge is 0.239 e. The Hall–Kier alpha value is -0.890. The quantitative estimate of drug-likeness (QED) is 0.322. The predicted molar refractivity (Wildman–Crippen MR) is 63.0 cm³/mol. The second-order valence-corrected chi connectivity index (χ2v) is 4.69. The first-order valence-corrected chi connectivity index (χ1v) is 6.17. The Morgan fingerprint density at radius 1 is 1.53 bits per heavy atom. The Morgan fingerprint density at radius 3 is 3.13 bits per heavy atom. The first kappa shape index (κ1) is 10.6. The van der Waals surface area contributed by atoms with Gasteiger partial charge in [0.2, 0.25) is 5.95 Å². The maximum absolute atomic E-state index is 8.77. The van der Waals surface area contributed by atoms with Gasteiger partial charge in [0.1, 0.15) is 9.86 Å². The molecule has 15 heavy (non-hydrogen) atoms. The van der Waals surface area contributed by atoms with Crippen LogP contribution in [0.15, 0.2) is 16.5 Å². The van der Waals surface area contributed by atoms with E-state index in [4.69, 9.17) is 10.9 Å². The third-order valence-corrected chi connectivity index (χ3v) is 3.53. The molecule has 0 saturated carbocycles. The Morgan fingerprint density at radius 2 is 2.40 bits per heavy atom. The predicted octanol–water partition coefficient (Wildman–Crippen LogP) is 1.06. The molecule has 0 aliphatic heterocycles. The van der Waals surface area contributed by atoms with Crippen molar-refractivity contribution in [2.75, 3.05) is 17.8 Å². The zero-order chi connectivity index (χ0) is 10.7. The summed E-state index contributed by atoms with van der Waals surface area (Å²) in [5, 5.41) is 12.6. The monoisotopic (exact) mass is 242 g/mol. The number of aromatic nitrogens is 2. The molecule has 2 rings (SSSR count). The topological polar surface area (TPSA) is 84.1 Å². The minimum atomic E-state index is 0.131. The number of hydrogen-bond donors (Lipinski definition) is 3. The number of hydrazine groups is 1. The van der Waals surface area contributed by atoms with Crippen LogP contribution in [0.25, 0.3) is 10.2 Å². The molecule has 0 fully saturated rings. The minimum Gasteiger partial charge on any atom is -0.396 e. The summed E-state index contributed by atoms with van der Waals surface area (Å²) in [5.74, 6) is 6.30. The molecule has 0 spiro atoms. The fourth-order valence-electron chi connectivity index (χ4n) is 1.15. The molecule has 80 valence electrons. The number of thioether (sulfide) groups is 1. The summed E-state index contributed by atoms with van der Waals surface area (Å²) < 4.78 is 0. The molecule has 0 aliphatic carbocycles. The van der Waals surface area contributed by atoms with Crippen LogP contribution in [0.5, 0.6) is 0 Å². The molecule has 7 heteroatoms. The molecule has 0 amide bonds. The van der Waals surface area contributed by atoms with Crippen LogP contribution in [0.1, 0.15) is 0 Å². The SMILES string of the molecule is NNc1nc(SCCO)c2ccsc2n1. The van der Waals surface area contributed by atoms with Crippen molar-refractivity contribution in [2.24, 2.45) is 5.84 Å². The van der Waals surface area contributed by atoms with Gasteiger partial charge in [-0.25, -0.2) is 15.8 Å². The van der Waals surface area contributed by atoms with E-state index in [2.05, 4.69) is 15.4 Å². The molecule has 0 saturated heterocycles. The summed E-state index contributed by atoms with van der Waals surface area (Å²) in [5.41, 5.74) is 2.43. The van der Waals surface area contributed by atoms with Crippen molar-refractivity contribution < 1.29 is 5.11 Å². The van der Waals surface area contributed by atoms with Gasteiger partial charge in [-0.15, -0.1) is 23.1 Å². The largest absolute Gasteiger partial charge is 0.396 e. The second-order valence-electron chi connectivity index (χ2n) is 2.71. The molecular formula is C8H10N4OS2. The Kier molecular flexibility index (Phi) is 3.37. The molecule has 0 bridgehead atoms. The number of thiophene rings is 1. The summed E-state index contributed by atoms with van der Waals surface area (Å²) in [4.78, 5) is 9.36. The number of nitrogens with two attached hydrogens (primary N) is 1. The van der Waals surface area contributed by atoms with Crippen LogP contribution >= 0.6 is 23.1 Å². The van der Waals surface area contributed by atoms with E-state index in [0.29, 0.717) is 11.7 Å². The number of hydrogen-bond acceptors (Lipinski definition) is 7. The van der Waals surface area contributed by atoms with Gasteiger partial charge in [-0.05, 0) is 11.4 Å². The molecule has 0 aromatic carbocycles. The Labute approximate surface area is 94.7 Å². The van der Waals surface area contributed by atoms with E-state index >= 15 is 0 Å². The van der Waals surface area contributed by atoms with Gasteiger partial charge in [0.25, 0.3) is 0 Å². The molecule has 0 unspecified atom stereocenters. The first-order valence-electron chi connectivity index (χ1n) is 4.30. The van der Waals surface area contributed by atoms with Crippen LogP contribution in [0.2, 0.25) is 0 Å². The lowest BCUT2D eigenvalue weighted by Crippen LogP contribution is -2.10. The lowest BCUT2D eigenvalue weighted by molar-refractivity contribution is 0.322.